The molecule has 0 saturated carbocycles. The highest BCUT2D eigenvalue weighted by atomic mass is 16.5. The number of rotatable bonds is 11. The van der Waals surface area contributed by atoms with Crippen LogP contribution in [0.1, 0.15) is 11.1 Å². The van der Waals surface area contributed by atoms with Crippen molar-refractivity contribution in [1.29, 1.82) is 0 Å². The molecule has 7 nitrogen and oxygen atoms in total. The molecule has 1 atom stereocenters. The molecule has 1 unspecified atom stereocenters. The monoisotopic (exact) mass is 426 g/mol. The number of nitrogens with one attached hydrogen (secondary N) is 2. The number of ether oxygens (including phenoxy) is 3. The Morgan fingerprint density at radius 2 is 1.97 bits per heavy atom. The lowest BCUT2D eigenvalue weighted by Gasteiger charge is -2.17. The lowest BCUT2D eigenvalue weighted by atomic mass is 10.1. The molecule has 0 aromatic heterocycles. The molecule has 0 bridgehead atoms. The molecule has 3 rings (SSSR count). The number of fused-ring (bicyclic) bond motifs is 1. The van der Waals surface area contributed by atoms with Crippen molar-refractivity contribution in [3.8, 4) is 11.5 Å². The summed E-state index contributed by atoms with van der Waals surface area (Å²) in [7, 11) is 5.56. The van der Waals surface area contributed by atoms with Gasteiger partial charge in [-0.05, 0) is 36.4 Å². The molecule has 0 aliphatic carbocycles. The Hall–Kier alpha value is -2.77. The van der Waals surface area contributed by atoms with E-state index in [4.69, 9.17) is 14.2 Å². The normalized spacial score (nSPS) is 15.5. The summed E-state index contributed by atoms with van der Waals surface area (Å²) >= 11 is 0. The summed E-state index contributed by atoms with van der Waals surface area (Å²) in [5.41, 5.74) is 2.40. The van der Waals surface area contributed by atoms with Crippen LogP contribution in [0, 0.1) is 0 Å². The van der Waals surface area contributed by atoms with Gasteiger partial charge in [0.25, 0.3) is 0 Å². The number of para-hydroxylation sites is 1. The van der Waals surface area contributed by atoms with Crippen LogP contribution in [0.15, 0.2) is 53.5 Å². The standard InChI is InChI=1S/C24H34N4O3/c1-25-24(27-18-22-16-20-8-4-5-10-23(20)31-22)26-17-19-7-6-9-21(15-19)30-14-12-28(2)11-13-29-3/h4-10,15,22H,11-14,16-18H2,1-3H3,(H2,25,26,27). The SMILES string of the molecule is CN=C(NCc1cccc(OCCN(C)CCOC)c1)NCC1Cc2ccccc2O1. The predicted octanol–water partition coefficient (Wildman–Crippen LogP) is 2.31. The van der Waals surface area contributed by atoms with Gasteiger partial charge in [0.1, 0.15) is 24.2 Å². The molecule has 2 aromatic rings. The maximum atomic E-state index is 5.98. The van der Waals surface area contributed by atoms with Crippen molar-refractivity contribution in [2.45, 2.75) is 19.1 Å². The Labute approximate surface area is 185 Å². The molecular weight excluding hydrogens is 392 g/mol. The van der Waals surface area contributed by atoms with E-state index in [0.717, 1.165) is 49.1 Å². The van der Waals surface area contributed by atoms with E-state index in [9.17, 15) is 0 Å². The van der Waals surface area contributed by atoms with E-state index in [0.29, 0.717) is 19.7 Å². The van der Waals surface area contributed by atoms with Gasteiger partial charge in [-0.25, -0.2) is 0 Å². The highest BCUT2D eigenvalue weighted by molar-refractivity contribution is 5.79. The van der Waals surface area contributed by atoms with Gasteiger partial charge in [-0.2, -0.15) is 0 Å². The average Bonchev–Trinajstić information content (AvgIpc) is 3.21. The van der Waals surface area contributed by atoms with E-state index >= 15 is 0 Å². The van der Waals surface area contributed by atoms with E-state index in [1.807, 2.05) is 24.3 Å². The van der Waals surface area contributed by atoms with Gasteiger partial charge in [-0.15, -0.1) is 0 Å². The summed E-state index contributed by atoms with van der Waals surface area (Å²) in [6.07, 6.45) is 1.04. The van der Waals surface area contributed by atoms with E-state index in [1.54, 1.807) is 14.2 Å². The van der Waals surface area contributed by atoms with Crippen molar-refractivity contribution in [2.24, 2.45) is 4.99 Å². The number of hydrogen-bond acceptors (Lipinski definition) is 5. The lowest BCUT2D eigenvalue weighted by Crippen LogP contribution is -2.41. The van der Waals surface area contributed by atoms with Gasteiger partial charge < -0.3 is 29.7 Å². The maximum absolute atomic E-state index is 5.98. The molecule has 1 aliphatic rings. The molecular formula is C24H34N4O3. The highest BCUT2D eigenvalue weighted by Crippen LogP contribution is 2.27. The topological polar surface area (TPSA) is 67.4 Å². The molecule has 31 heavy (non-hydrogen) atoms. The molecule has 168 valence electrons. The van der Waals surface area contributed by atoms with Crippen LogP contribution >= 0.6 is 0 Å². The Morgan fingerprint density at radius 3 is 2.77 bits per heavy atom. The minimum Gasteiger partial charge on any atom is -0.492 e. The second kappa shape index (κ2) is 12.2. The molecule has 0 fully saturated rings. The molecule has 2 aromatic carbocycles. The molecule has 0 radical (unpaired) electrons. The van der Waals surface area contributed by atoms with Crippen LogP contribution in [-0.4, -0.2) is 71.0 Å². The fraction of sp³-hybridized carbons (Fsp3) is 0.458. The Kier molecular flexibility index (Phi) is 8.99. The van der Waals surface area contributed by atoms with Crippen molar-refractivity contribution in [3.63, 3.8) is 0 Å². The van der Waals surface area contributed by atoms with Crippen LogP contribution in [0.3, 0.4) is 0 Å². The van der Waals surface area contributed by atoms with Crippen molar-refractivity contribution < 1.29 is 14.2 Å². The number of methoxy groups -OCH3 is 1. The lowest BCUT2D eigenvalue weighted by molar-refractivity contribution is 0.150. The van der Waals surface area contributed by atoms with Crippen molar-refractivity contribution in [3.05, 3.63) is 59.7 Å². The molecule has 0 amide bonds. The summed E-state index contributed by atoms with van der Waals surface area (Å²) in [6, 6.07) is 16.3. The zero-order chi connectivity index (χ0) is 21.9. The third-order valence-electron chi connectivity index (χ3n) is 5.21. The third-order valence-corrected chi connectivity index (χ3v) is 5.21. The van der Waals surface area contributed by atoms with E-state index in [1.165, 1.54) is 5.56 Å². The zero-order valence-corrected chi connectivity index (χ0v) is 18.8. The summed E-state index contributed by atoms with van der Waals surface area (Å²) in [5.74, 6) is 2.61. The number of guanidine groups is 1. The van der Waals surface area contributed by atoms with Crippen LogP contribution in [0.5, 0.6) is 11.5 Å². The second-order valence-corrected chi connectivity index (χ2v) is 7.65. The van der Waals surface area contributed by atoms with E-state index in [2.05, 4.69) is 51.8 Å². The van der Waals surface area contributed by atoms with Gasteiger partial charge in [-0.1, -0.05) is 30.3 Å². The highest BCUT2D eigenvalue weighted by Gasteiger charge is 2.22. The Morgan fingerprint density at radius 1 is 1.13 bits per heavy atom. The van der Waals surface area contributed by atoms with E-state index in [-0.39, 0.29) is 6.10 Å². The molecule has 2 N–H and O–H groups in total. The number of benzene rings is 2. The average molecular weight is 427 g/mol. The summed E-state index contributed by atoms with van der Waals surface area (Å²) in [6.45, 7) is 4.49. The van der Waals surface area contributed by atoms with Crippen molar-refractivity contribution >= 4 is 5.96 Å². The first-order chi connectivity index (χ1) is 15.2. The quantitative estimate of drug-likeness (QED) is 0.425. The molecule has 7 heteroatoms. The third kappa shape index (κ3) is 7.45. The van der Waals surface area contributed by atoms with Gasteiger partial charge in [0.05, 0.1) is 13.2 Å². The Bertz CT molecular complexity index is 818. The minimum absolute atomic E-state index is 0.120. The van der Waals surface area contributed by atoms with Gasteiger partial charge >= 0.3 is 0 Å². The summed E-state index contributed by atoms with van der Waals surface area (Å²) < 4.78 is 17.0. The Balaban J connectivity index is 1.39. The summed E-state index contributed by atoms with van der Waals surface area (Å²) in [5, 5.41) is 6.72. The number of likely N-dealkylation sites (N-methyl/N-ethyl adjacent to an activating group) is 1. The zero-order valence-electron chi connectivity index (χ0n) is 18.8. The minimum atomic E-state index is 0.120. The fourth-order valence-electron chi connectivity index (χ4n) is 3.41. The van der Waals surface area contributed by atoms with Gasteiger partial charge in [0.2, 0.25) is 0 Å². The molecule has 1 heterocycles. The first-order valence-corrected chi connectivity index (χ1v) is 10.8. The number of nitrogens with zero attached hydrogens (tertiary/aromatic N) is 2. The predicted molar refractivity (Wildman–Crippen MR) is 124 cm³/mol. The van der Waals surface area contributed by atoms with Crippen LogP contribution < -0.4 is 20.1 Å². The van der Waals surface area contributed by atoms with Crippen LogP contribution in [-0.2, 0) is 17.7 Å². The molecule has 0 saturated heterocycles. The van der Waals surface area contributed by atoms with Crippen molar-refractivity contribution in [2.75, 3.05) is 54.1 Å². The summed E-state index contributed by atoms with van der Waals surface area (Å²) in [4.78, 5) is 6.51. The van der Waals surface area contributed by atoms with Gasteiger partial charge in [0.15, 0.2) is 5.96 Å². The molecule has 0 spiro atoms. The first-order valence-electron chi connectivity index (χ1n) is 10.8. The van der Waals surface area contributed by atoms with Crippen LogP contribution in [0.2, 0.25) is 0 Å². The van der Waals surface area contributed by atoms with Crippen LogP contribution in [0.4, 0.5) is 0 Å². The molecule has 1 aliphatic heterocycles. The number of aliphatic imine (C=N–C) groups is 1. The van der Waals surface area contributed by atoms with Crippen molar-refractivity contribution in [1.82, 2.24) is 15.5 Å². The van der Waals surface area contributed by atoms with Gasteiger partial charge in [-0.3, -0.25) is 4.99 Å². The van der Waals surface area contributed by atoms with E-state index < -0.39 is 0 Å². The maximum Gasteiger partial charge on any atom is 0.191 e. The van der Waals surface area contributed by atoms with Gasteiger partial charge in [0, 0.05) is 40.2 Å². The second-order valence-electron chi connectivity index (χ2n) is 7.65. The number of hydrogen-bond donors (Lipinski definition) is 2. The first kappa shape index (κ1) is 22.9. The fourth-order valence-corrected chi connectivity index (χ4v) is 3.41. The largest absolute Gasteiger partial charge is 0.492 e. The smallest absolute Gasteiger partial charge is 0.191 e. The van der Waals surface area contributed by atoms with Crippen LogP contribution in [0.25, 0.3) is 0 Å².